The molecule has 0 fully saturated rings. The van der Waals surface area contributed by atoms with Crippen LogP contribution >= 0.6 is 0 Å². The molecule has 182 valence electrons. The zero-order chi connectivity index (χ0) is 22.0. The summed E-state index contributed by atoms with van der Waals surface area (Å²) in [6.45, 7) is 7.05. The normalized spacial score (nSPS) is 12.5. The Bertz CT molecular complexity index is 282. The van der Waals surface area contributed by atoms with Gasteiger partial charge in [-0.05, 0) is 5.92 Å². The lowest BCUT2D eigenvalue weighted by Crippen LogP contribution is -1.93. The topological polar surface area (TPSA) is 0 Å². The Morgan fingerprint density at radius 2 is 0.567 bits per heavy atom. The fourth-order valence-corrected chi connectivity index (χ4v) is 4.92. The number of hydrogen-bond donors (Lipinski definition) is 0. The number of unbranched alkanes of at least 4 members (excludes halogenated alkanes) is 22. The van der Waals surface area contributed by atoms with Crippen molar-refractivity contribution in [2.75, 3.05) is 0 Å². The quantitative estimate of drug-likeness (QED) is 0.122. The van der Waals surface area contributed by atoms with Crippen LogP contribution in [-0.2, 0) is 0 Å². The average Bonchev–Trinajstić information content (AvgIpc) is 2.74. The summed E-state index contributed by atoms with van der Waals surface area (Å²) >= 11 is 0. The van der Waals surface area contributed by atoms with Crippen molar-refractivity contribution >= 4 is 0 Å². The van der Waals surface area contributed by atoms with Crippen LogP contribution in [0, 0.1) is 5.92 Å². The van der Waals surface area contributed by atoms with Crippen molar-refractivity contribution in [3.8, 4) is 0 Å². The highest BCUT2D eigenvalue weighted by molar-refractivity contribution is 4.54. The van der Waals surface area contributed by atoms with E-state index in [0.717, 1.165) is 5.92 Å². The van der Waals surface area contributed by atoms with Crippen molar-refractivity contribution in [2.45, 2.75) is 188 Å². The summed E-state index contributed by atoms with van der Waals surface area (Å²) < 4.78 is 0. The van der Waals surface area contributed by atoms with Gasteiger partial charge in [0.2, 0.25) is 0 Å². The third-order valence-corrected chi connectivity index (χ3v) is 7.08. The lowest BCUT2D eigenvalue weighted by atomic mass is 9.98. The van der Waals surface area contributed by atoms with Gasteiger partial charge in [-0.2, -0.15) is 0 Å². The molecule has 1 atom stereocenters. The third kappa shape index (κ3) is 26.0. The van der Waals surface area contributed by atoms with Crippen molar-refractivity contribution in [3.63, 3.8) is 0 Å². The Morgan fingerprint density at radius 1 is 0.300 bits per heavy atom. The molecular formula is C30H62. The minimum atomic E-state index is 0.963. The van der Waals surface area contributed by atoms with Gasteiger partial charge in [-0.3, -0.25) is 0 Å². The summed E-state index contributed by atoms with van der Waals surface area (Å²) in [6, 6.07) is 0. The van der Waals surface area contributed by atoms with E-state index in [1.165, 1.54) is 167 Å². The predicted octanol–water partition coefficient (Wildman–Crippen LogP) is 11.8. The lowest BCUT2D eigenvalue weighted by molar-refractivity contribution is 0.449. The van der Waals surface area contributed by atoms with E-state index < -0.39 is 0 Å². The molecule has 0 nitrogen and oxygen atoms in total. The molecule has 0 aromatic rings. The van der Waals surface area contributed by atoms with E-state index in [-0.39, 0.29) is 0 Å². The van der Waals surface area contributed by atoms with E-state index in [4.69, 9.17) is 0 Å². The van der Waals surface area contributed by atoms with Crippen molar-refractivity contribution in [1.29, 1.82) is 0 Å². The van der Waals surface area contributed by atoms with Crippen LogP contribution in [0.2, 0.25) is 0 Å². The van der Waals surface area contributed by atoms with Crippen LogP contribution in [0.25, 0.3) is 0 Å². The second-order valence-corrected chi connectivity index (χ2v) is 10.5. The van der Waals surface area contributed by atoms with E-state index in [9.17, 15) is 0 Å². The Balaban J connectivity index is 3.02. The fourth-order valence-electron chi connectivity index (χ4n) is 4.92. The van der Waals surface area contributed by atoms with Gasteiger partial charge in [-0.25, -0.2) is 0 Å². The molecule has 0 radical (unpaired) electrons. The number of hydrogen-bond acceptors (Lipinski definition) is 0. The van der Waals surface area contributed by atoms with Gasteiger partial charge < -0.3 is 0 Å². The summed E-state index contributed by atoms with van der Waals surface area (Å²) in [7, 11) is 0. The van der Waals surface area contributed by atoms with Gasteiger partial charge in [0.1, 0.15) is 0 Å². The molecule has 0 aromatic heterocycles. The highest BCUT2D eigenvalue weighted by Gasteiger charge is 2.00. The summed E-state index contributed by atoms with van der Waals surface area (Å²) in [5.74, 6) is 0.963. The molecule has 0 amide bonds. The van der Waals surface area contributed by atoms with Crippen LogP contribution in [0.1, 0.15) is 188 Å². The summed E-state index contributed by atoms with van der Waals surface area (Å²) in [6.07, 6.45) is 38.3. The molecule has 0 heteroatoms. The van der Waals surface area contributed by atoms with Crippen LogP contribution in [-0.4, -0.2) is 0 Å². The highest BCUT2D eigenvalue weighted by atomic mass is 14.1. The Labute approximate surface area is 193 Å². The monoisotopic (exact) mass is 422 g/mol. The van der Waals surface area contributed by atoms with Crippen LogP contribution in [0.15, 0.2) is 0 Å². The van der Waals surface area contributed by atoms with Crippen LogP contribution in [0.5, 0.6) is 0 Å². The van der Waals surface area contributed by atoms with Gasteiger partial charge in [0, 0.05) is 0 Å². The van der Waals surface area contributed by atoms with Gasteiger partial charge in [0.15, 0.2) is 0 Å². The van der Waals surface area contributed by atoms with Gasteiger partial charge in [-0.1, -0.05) is 188 Å². The number of rotatable bonds is 26. The van der Waals surface area contributed by atoms with Crippen LogP contribution < -0.4 is 0 Å². The molecule has 0 saturated carbocycles. The highest BCUT2D eigenvalue weighted by Crippen LogP contribution is 2.17. The smallest absolute Gasteiger partial charge is 0.0443 e. The van der Waals surface area contributed by atoms with Crippen molar-refractivity contribution in [2.24, 2.45) is 5.92 Å². The molecule has 0 rings (SSSR count). The van der Waals surface area contributed by atoms with E-state index in [2.05, 4.69) is 20.8 Å². The molecule has 0 spiro atoms. The maximum atomic E-state index is 2.43. The Morgan fingerprint density at radius 3 is 0.833 bits per heavy atom. The Kier molecular flexibility index (Phi) is 27.0. The third-order valence-electron chi connectivity index (χ3n) is 7.08. The molecule has 1 unspecified atom stereocenters. The van der Waals surface area contributed by atoms with Gasteiger partial charge in [-0.15, -0.1) is 0 Å². The first-order valence-electron chi connectivity index (χ1n) is 14.8. The van der Waals surface area contributed by atoms with E-state index in [1.54, 1.807) is 0 Å². The predicted molar refractivity (Wildman–Crippen MR) is 141 cm³/mol. The maximum absolute atomic E-state index is 2.43. The van der Waals surface area contributed by atoms with Crippen molar-refractivity contribution < 1.29 is 0 Å². The van der Waals surface area contributed by atoms with Crippen molar-refractivity contribution in [3.05, 3.63) is 0 Å². The molecule has 0 bridgehead atoms. The molecule has 0 N–H and O–H groups in total. The first-order chi connectivity index (χ1) is 14.8. The van der Waals surface area contributed by atoms with Crippen molar-refractivity contribution in [1.82, 2.24) is 0 Å². The second-order valence-electron chi connectivity index (χ2n) is 10.5. The zero-order valence-electron chi connectivity index (χ0n) is 22.0. The molecule has 0 aromatic carbocycles. The van der Waals surface area contributed by atoms with E-state index >= 15 is 0 Å². The zero-order valence-corrected chi connectivity index (χ0v) is 22.0. The van der Waals surface area contributed by atoms with Gasteiger partial charge in [0.05, 0.1) is 0 Å². The van der Waals surface area contributed by atoms with E-state index in [1.807, 2.05) is 0 Å². The van der Waals surface area contributed by atoms with Gasteiger partial charge in [0.25, 0.3) is 0 Å². The van der Waals surface area contributed by atoms with E-state index in [0.29, 0.717) is 0 Å². The molecule has 30 heavy (non-hydrogen) atoms. The molecule has 0 heterocycles. The standard InChI is InChI=1S/C30H62/c1-4-6-7-8-9-10-11-12-13-14-15-16-17-18-19-20-21-22-23-24-25-26-27-29-30(3)28-5-2/h30H,4-29H2,1-3H3. The maximum Gasteiger partial charge on any atom is -0.0443 e. The largest absolute Gasteiger partial charge is 0.0654 e. The first kappa shape index (κ1) is 30.0. The molecule has 0 aliphatic rings. The second kappa shape index (κ2) is 27.0. The SMILES string of the molecule is CCCCCCCCCCCCCCCCCCCCCCCCCC(C)CCC. The molecule has 0 saturated heterocycles. The van der Waals surface area contributed by atoms with Crippen LogP contribution in [0.4, 0.5) is 0 Å². The minimum absolute atomic E-state index is 0.963. The summed E-state index contributed by atoms with van der Waals surface area (Å²) in [5.41, 5.74) is 0. The molecule has 0 aliphatic carbocycles. The first-order valence-corrected chi connectivity index (χ1v) is 14.8. The summed E-state index contributed by atoms with van der Waals surface area (Å²) in [4.78, 5) is 0. The summed E-state index contributed by atoms with van der Waals surface area (Å²) in [5, 5.41) is 0. The van der Waals surface area contributed by atoms with Gasteiger partial charge >= 0.3 is 0 Å². The molecular weight excluding hydrogens is 360 g/mol. The van der Waals surface area contributed by atoms with Crippen LogP contribution in [0.3, 0.4) is 0 Å². The molecule has 0 aliphatic heterocycles. The Hall–Kier alpha value is 0. The fraction of sp³-hybridized carbons (Fsp3) is 1.00. The average molecular weight is 423 g/mol. The minimum Gasteiger partial charge on any atom is -0.0654 e. The lowest BCUT2D eigenvalue weighted by Gasteiger charge is -2.09.